The van der Waals surface area contributed by atoms with Gasteiger partial charge in [-0.25, -0.2) is 0 Å². The molecule has 0 fully saturated rings. The van der Waals surface area contributed by atoms with Crippen molar-refractivity contribution in [3.63, 3.8) is 0 Å². The average molecular weight is 393 g/mol. The van der Waals surface area contributed by atoms with E-state index in [1.807, 2.05) is 19.1 Å². The molecule has 1 aliphatic rings. The second-order valence-corrected chi connectivity index (χ2v) is 7.09. The van der Waals surface area contributed by atoms with Crippen LogP contribution >= 0.6 is 11.6 Å². The molecule has 0 atom stereocenters. The molecule has 0 aromatic heterocycles. The van der Waals surface area contributed by atoms with E-state index in [2.05, 4.69) is 5.32 Å². The first kappa shape index (κ1) is 18.2. The van der Waals surface area contributed by atoms with Gasteiger partial charge in [0.15, 0.2) is 0 Å². The van der Waals surface area contributed by atoms with Gasteiger partial charge in [0.1, 0.15) is 0 Å². The van der Waals surface area contributed by atoms with Crippen LogP contribution < -0.4 is 5.32 Å². The molecule has 0 saturated carbocycles. The van der Waals surface area contributed by atoms with E-state index in [1.165, 1.54) is 0 Å². The fraction of sp³-hybridized carbons (Fsp3) is 0.136. The van der Waals surface area contributed by atoms with E-state index < -0.39 is 0 Å². The Morgan fingerprint density at radius 3 is 2.21 bits per heavy atom. The van der Waals surface area contributed by atoms with Crippen molar-refractivity contribution in [2.45, 2.75) is 13.3 Å². The molecule has 3 aromatic rings. The van der Waals surface area contributed by atoms with Crippen molar-refractivity contribution in [2.24, 2.45) is 0 Å². The number of nitrogens with zero attached hydrogens (tertiary/aromatic N) is 1. The Kier molecular flexibility index (Phi) is 4.61. The lowest BCUT2D eigenvalue weighted by atomic mass is 9.94. The van der Waals surface area contributed by atoms with Gasteiger partial charge in [0.2, 0.25) is 5.91 Å². The summed E-state index contributed by atoms with van der Waals surface area (Å²) in [6, 6.07) is 16.0. The molecule has 5 nitrogen and oxygen atoms in total. The van der Waals surface area contributed by atoms with Crippen molar-refractivity contribution < 1.29 is 14.4 Å². The Hall–Kier alpha value is -3.18. The lowest BCUT2D eigenvalue weighted by Crippen LogP contribution is -2.41. The maximum atomic E-state index is 12.8. The summed E-state index contributed by atoms with van der Waals surface area (Å²) in [6.45, 7) is 1.82. The van der Waals surface area contributed by atoms with E-state index in [0.29, 0.717) is 27.2 Å². The summed E-state index contributed by atoms with van der Waals surface area (Å²) >= 11 is 6.07. The van der Waals surface area contributed by atoms with Gasteiger partial charge in [0.25, 0.3) is 11.8 Å². The molecule has 0 unspecified atom stereocenters. The Morgan fingerprint density at radius 2 is 1.57 bits per heavy atom. The molecule has 0 aliphatic carbocycles. The van der Waals surface area contributed by atoms with Crippen molar-refractivity contribution in [2.75, 3.05) is 11.9 Å². The summed E-state index contributed by atoms with van der Waals surface area (Å²) in [6.07, 6.45) is 0.00156. The van der Waals surface area contributed by atoms with E-state index in [0.717, 1.165) is 15.8 Å². The highest BCUT2D eigenvalue weighted by Gasteiger charge is 2.32. The topological polar surface area (TPSA) is 66.5 Å². The number of benzene rings is 3. The Balaban J connectivity index is 1.53. The van der Waals surface area contributed by atoms with Gasteiger partial charge in [-0.2, -0.15) is 0 Å². The number of imide groups is 1. The largest absolute Gasteiger partial charge is 0.326 e. The second kappa shape index (κ2) is 7.09. The number of carbonyl (C=O) groups excluding carboxylic acids is 3. The highest BCUT2D eigenvalue weighted by molar-refractivity contribution is 6.31. The molecular formula is C22H17ClN2O3. The second-order valence-electron chi connectivity index (χ2n) is 6.68. The van der Waals surface area contributed by atoms with E-state index in [9.17, 15) is 14.4 Å². The fourth-order valence-corrected chi connectivity index (χ4v) is 3.63. The molecule has 1 N–H and O–H groups in total. The molecule has 1 aliphatic heterocycles. The van der Waals surface area contributed by atoms with Gasteiger partial charge in [0, 0.05) is 40.2 Å². The summed E-state index contributed by atoms with van der Waals surface area (Å²) in [5, 5.41) is 4.87. The van der Waals surface area contributed by atoms with Crippen LogP contribution in [0.15, 0.2) is 54.6 Å². The molecule has 1 heterocycles. The highest BCUT2D eigenvalue weighted by atomic mass is 35.5. The Labute approximate surface area is 166 Å². The van der Waals surface area contributed by atoms with Crippen LogP contribution in [0.3, 0.4) is 0 Å². The molecule has 4 rings (SSSR count). The molecule has 140 valence electrons. The van der Waals surface area contributed by atoms with Gasteiger partial charge in [-0.1, -0.05) is 41.9 Å². The number of halogens is 1. The van der Waals surface area contributed by atoms with Crippen LogP contribution in [-0.2, 0) is 4.79 Å². The van der Waals surface area contributed by atoms with Crippen LogP contribution in [0.2, 0.25) is 5.02 Å². The first-order valence-corrected chi connectivity index (χ1v) is 9.28. The summed E-state index contributed by atoms with van der Waals surface area (Å²) in [4.78, 5) is 39.2. The van der Waals surface area contributed by atoms with Crippen LogP contribution in [0.5, 0.6) is 0 Å². The van der Waals surface area contributed by atoms with E-state index >= 15 is 0 Å². The van der Waals surface area contributed by atoms with Gasteiger partial charge in [-0.15, -0.1) is 0 Å². The number of hydrogen-bond acceptors (Lipinski definition) is 3. The van der Waals surface area contributed by atoms with Gasteiger partial charge in [-0.05, 0) is 42.1 Å². The number of hydrogen-bond donors (Lipinski definition) is 1. The number of anilines is 1. The molecular weight excluding hydrogens is 376 g/mol. The summed E-state index contributed by atoms with van der Waals surface area (Å²) in [5.41, 5.74) is 2.35. The third kappa shape index (κ3) is 3.04. The molecule has 0 spiro atoms. The predicted molar refractivity (Wildman–Crippen MR) is 109 cm³/mol. The smallest absolute Gasteiger partial charge is 0.261 e. The lowest BCUT2D eigenvalue weighted by Gasteiger charge is -2.27. The summed E-state index contributed by atoms with van der Waals surface area (Å²) in [5.74, 6) is -1.04. The minimum Gasteiger partial charge on any atom is -0.326 e. The number of rotatable bonds is 4. The van der Waals surface area contributed by atoms with Crippen molar-refractivity contribution in [3.8, 4) is 0 Å². The van der Waals surface area contributed by atoms with Crippen LogP contribution in [0.1, 0.15) is 32.7 Å². The minimum absolute atomic E-state index is 0.00156. The van der Waals surface area contributed by atoms with E-state index in [-0.39, 0.29) is 30.7 Å². The lowest BCUT2D eigenvalue weighted by molar-refractivity contribution is -0.116. The zero-order valence-electron chi connectivity index (χ0n) is 15.2. The minimum atomic E-state index is -0.374. The summed E-state index contributed by atoms with van der Waals surface area (Å²) in [7, 11) is 0. The SMILES string of the molecule is Cc1c(Cl)cccc1NC(=O)CCN1C(=O)c2cccc3cccc(c23)C1=O. The number of carbonyl (C=O) groups is 3. The van der Waals surface area contributed by atoms with Gasteiger partial charge < -0.3 is 5.32 Å². The van der Waals surface area contributed by atoms with E-state index in [4.69, 9.17) is 11.6 Å². The van der Waals surface area contributed by atoms with Crippen molar-refractivity contribution in [1.82, 2.24) is 4.90 Å². The van der Waals surface area contributed by atoms with Crippen LogP contribution in [0, 0.1) is 6.92 Å². The first-order valence-electron chi connectivity index (χ1n) is 8.90. The quantitative estimate of drug-likeness (QED) is 0.668. The fourth-order valence-electron chi connectivity index (χ4n) is 3.45. The maximum Gasteiger partial charge on any atom is 0.261 e. The van der Waals surface area contributed by atoms with E-state index in [1.54, 1.807) is 42.5 Å². The predicted octanol–water partition coefficient (Wildman–Crippen LogP) is 4.43. The first-order chi connectivity index (χ1) is 13.5. The molecule has 28 heavy (non-hydrogen) atoms. The van der Waals surface area contributed by atoms with Crippen LogP contribution in [0.25, 0.3) is 10.8 Å². The third-order valence-electron chi connectivity index (χ3n) is 4.96. The number of amides is 3. The molecule has 0 bridgehead atoms. The van der Waals surface area contributed by atoms with Crippen molar-refractivity contribution in [3.05, 3.63) is 76.3 Å². The highest BCUT2D eigenvalue weighted by Crippen LogP contribution is 2.30. The van der Waals surface area contributed by atoms with Crippen molar-refractivity contribution >= 4 is 45.8 Å². The Bertz CT molecular complexity index is 1090. The van der Waals surface area contributed by atoms with Gasteiger partial charge in [-0.3, -0.25) is 19.3 Å². The third-order valence-corrected chi connectivity index (χ3v) is 5.37. The molecule has 6 heteroatoms. The molecule has 3 amide bonds. The summed E-state index contributed by atoms with van der Waals surface area (Å²) < 4.78 is 0. The molecule has 0 radical (unpaired) electrons. The molecule has 3 aromatic carbocycles. The molecule has 0 saturated heterocycles. The zero-order chi connectivity index (χ0) is 19.8. The van der Waals surface area contributed by atoms with Gasteiger partial charge in [0.05, 0.1) is 0 Å². The van der Waals surface area contributed by atoms with Crippen molar-refractivity contribution in [1.29, 1.82) is 0 Å². The average Bonchev–Trinajstić information content (AvgIpc) is 2.69. The maximum absolute atomic E-state index is 12.8. The zero-order valence-corrected chi connectivity index (χ0v) is 15.9. The Morgan fingerprint density at radius 1 is 0.964 bits per heavy atom. The monoisotopic (exact) mass is 392 g/mol. The van der Waals surface area contributed by atoms with Gasteiger partial charge >= 0.3 is 0 Å². The normalized spacial score (nSPS) is 13.1. The van der Waals surface area contributed by atoms with Crippen LogP contribution in [-0.4, -0.2) is 29.2 Å². The van der Waals surface area contributed by atoms with Crippen LogP contribution in [0.4, 0.5) is 5.69 Å². The number of nitrogens with one attached hydrogen (secondary N) is 1. The standard InChI is InChI=1S/C22H17ClN2O3/c1-13-17(23)9-4-10-18(13)24-19(26)11-12-25-21(27)15-7-2-5-14-6-3-8-16(20(14)15)22(25)28/h2-10H,11-12H2,1H3,(H,24,26).